The normalized spacial score (nSPS) is 18.2. The van der Waals surface area contributed by atoms with Crippen LogP contribution in [-0.4, -0.2) is 16.9 Å². The van der Waals surface area contributed by atoms with Crippen molar-refractivity contribution in [3.63, 3.8) is 0 Å². The lowest BCUT2D eigenvalue weighted by molar-refractivity contribution is -0.111. The Balaban J connectivity index is 1.83. The molecule has 0 radical (unpaired) electrons. The van der Waals surface area contributed by atoms with Crippen molar-refractivity contribution in [3.05, 3.63) is 54.6 Å². The third-order valence-electron chi connectivity index (χ3n) is 3.09. The van der Waals surface area contributed by atoms with Crippen LogP contribution in [0.3, 0.4) is 0 Å². The number of thioether (sulfide) groups is 1. The molecule has 20 heavy (non-hydrogen) atoms. The molecule has 0 fully saturated rings. The number of nitrogens with zero attached hydrogens (tertiary/aromatic N) is 3. The highest BCUT2D eigenvalue weighted by Crippen LogP contribution is 2.42. The lowest BCUT2D eigenvalue weighted by Gasteiger charge is -2.12. The molecule has 0 saturated heterocycles. The van der Waals surface area contributed by atoms with E-state index >= 15 is 0 Å². The molecule has 96 valence electrons. The van der Waals surface area contributed by atoms with E-state index < -0.39 is 0 Å². The van der Waals surface area contributed by atoms with E-state index in [1.807, 2.05) is 59.5 Å². The van der Waals surface area contributed by atoms with Crippen molar-refractivity contribution in [3.8, 4) is 0 Å². The van der Waals surface area contributed by atoms with Gasteiger partial charge in [0.15, 0.2) is 5.17 Å². The quantitative estimate of drug-likeness (QED) is 0.805. The largest absolute Gasteiger partial charge is 0.315 e. The van der Waals surface area contributed by atoms with Crippen LogP contribution in [0.1, 0.15) is 0 Å². The first kappa shape index (κ1) is 11.4. The molecule has 0 spiro atoms. The van der Waals surface area contributed by atoms with Gasteiger partial charge in [-0.2, -0.15) is 4.99 Å². The number of carbonyl (C=O) groups excluding carboxylic acids is 1. The number of aliphatic imine (C=N–C) groups is 2. The second-order valence-electron chi connectivity index (χ2n) is 4.38. The van der Waals surface area contributed by atoms with Gasteiger partial charge in [0, 0.05) is 4.90 Å². The van der Waals surface area contributed by atoms with E-state index in [2.05, 4.69) is 9.98 Å². The molecule has 2 heterocycles. The number of carbonyl (C=O) groups is 1. The minimum atomic E-state index is -0.286. The summed E-state index contributed by atoms with van der Waals surface area (Å²) < 4.78 is 0. The Morgan fingerprint density at radius 3 is 2.60 bits per heavy atom. The summed E-state index contributed by atoms with van der Waals surface area (Å²) in [5.74, 6) is 0.0782. The highest BCUT2D eigenvalue weighted by molar-refractivity contribution is 8.15. The average Bonchev–Trinajstić information content (AvgIpc) is 2.97. The highest BCUT2D eigenvalue weighted by Gasteiger charge is 2.39. The summed E-state index contributed by atoms with van der Waals surface area (Å²) in [5, 5.41) is 0.686. The van der Waals surface area contributed by atoms with Crippen molar-refractivity contribution in [1.82, 2.24) is 0 Å². The Kier molecular flexibility index (Phi) is 2.47. The van der Waals surface area contributed by atoms with Gasteiger partial charge in [-0.3, -0.25) is 9.69 Å². The summed E-state index contributed by atoms with van der Waals surface area (Å²) >= 11 is 1.50. The number of rotatable bonds is 1. The second-order valence-corrected chi connectivity index (χ2v) is 5.38. The molecule has 2 aliphatic heterocycles. The van der Waals surface area contributed by atoms with Crippen LogP contribution in [0.4, 0.5) is 11.4 Å². The average molecular weight is 279 g/mol. The van der Waals surface area contributed by atoms with Crippen molar-refractivity contribution < 1.29 is 4.79 Å². The predicted octanol–water partition coefficient (Wildman–Crippen LogP) is 3.23. The fourth-order valence-corrected chi connectivity index (χ4v) is 3.22. The molecule has 2 aliphatic rings. The zero-order valence-corrected chi connectivity index (χ0v) is 11.2. The van der Waals surface area contributed by atoms with Crippen molar-refractivity contribution >= 4 is 40.0 Å². The van der Waals surface area contributed by atoms with Crippen LogP contribution in [0.15, 0.2) is 69.5 Å². The van der Waals surface area contributed by atoms with Crippen LogP contribution < -0.4 is 4.90 Å². The van der Waals surface area contributed by atoms with Crippen molar-refractivity contribution in [2.75, 3.05) is 4.90 Å². The van der Waals surface area contributed by atoms with E-state index in [0.29, 0.717) is 11.0 Å². The van der Waals surface area contributed by atoms with Crippen molar-refractivity contribution in [2.45, 2.75) is 4.90 Å². The van der Waals surface area contributed by atoms with Gasteiger partial charge in [0.25, 0.3) is 0 Å². The predicted molar refractivity (Wildman–Crippen MR) is 80.8 cm³/mol. The van der Waals surface area contributed by atoms with E-state index in [0.717, 1.165) is 16.3 Å². The lowest BCUT2D eigenvalue weighted by Crippen LogP contribution is -2.29. The summed E-state index contributed by atoms with van der Waals surface area (Å²) in [7, 11) is 0. The molecular weight excluding hydrogens is 270 g/mol. The number of anilines is 1. The first-order valence-corrected chi connectivity index (χ1v) is 6.98. The zero-order chi connectivity index (χ0) is 13.5. The molecule has 0 aromatic heterocycles. The molecule has 2 aromatic rings. The SMILES string of the molecule is O=C1N=C2Sc3ccccc3N2C1=Nc1ccccc1. The molecule has 1 amide bonds. The van der Waals surface area contributed by atoms with E-state index in [-0.39, 0.29) is 5.91 Å². The first-order chi connectivity index (χ1) is 9.83. The Labute approximate surface area is 119 Å². The van der Waals surface area contributed by atoms with Crippen molar-refractivity contribution in [1.29, 1.82) is 0 Å². The summed E-state index contributed by atoms with van der Waals surface area (Å²) in [6.07, 6.45) is 0. The molecule has 0 saturated carbocycles. The number of fused-ring (bicyclic) bond motifs is 3. The van der Waals surface area contributed by atoms with Gasteiger partial charge in [-0.15, -0.1) is 0 Å². The van der Waals surface area contributed by atoms with Gasteiger partial charge in [0.2, 0.25) is 5.84 Å². The monoisotopic (exact) mass is 279 g/mol. The molecule has 4 nitrogen and oxygen atoms in total. The molecule has 0 bridgehead atoms. The number of amidine groups is 2. The fraction of sp³-hybridized carbons (Fsp3) is 0. The molecular formula is C15H9N3OS. The maximum absolute atomic E-state index is 12.0. The van der Waals surface area contributed by atoms with Crippen LogP contribution in [0.5, 0.6) is 0 Å². The van der Waals surface area contributed by atoms with Crippen LogP contribution in [0.2, 0.25) is 0 Å². The third-order valence-corrected chi connectivity index (χ3v) is 4.11. The van der Waals surface area contributed by atoms with Gasteiger partial charge in [-0.1, -0.05) is 30.3 Å². The third kappa shape index (κ3) is 1.67. The Morgan fingerprint density at radius 1 is 1.00 bits per heavy atom. The summed E-state index contributed by atoms with van der Waals surface area (Å²) in [6.45, 7) is 0. The van der Waals surface area contributed by atoms with E-state index in [1.165, 1.54) is 11.8 Å². The Morgan fingerprint density at radius 2 is 1.75 bits per heavy atom. The van der Waals surface area contributed by atoms with Gasteiger partial charge in [-0.25, -0.2) is 4.99 Å². The topological polar surface area (TPSA) is 45.0 Å². The molecule has 4 rings (SSSR count). The second kappa shape index (κ2) is 4.31. The molecule has 2 aromatic carbocycles. The fourth-order valence-electron chi connectivity index (χ4n) is 2.21. The van der Waals surface area contributed by atoms with E-state index in [9.17, 15) is 4.79 Å². The molecule has 0 N–H and O–H groups in total. The van der Waals surface area contributed by atoms with E-state index in [4.69, 9.17) is 0 Å². The highest BCUT2D eigenvalue weighted by atomic mass is 32.2. The standard InChI is InChI=1S/C15H9N3OS/c19-14-13(16-10-6-2-1-3-7-10)18-11-8-4-5-9-12(11)20-15(18)17-14/h1-9H. The molecule has 0 unspecified atom stereocenters. The zero-order valence-electron chi connectivity index (χ0n) is 10.4. The van der Waals surface area contributed by atoms with Crippen LogP contribution in [0.25, 0.3) is 0 Å². The molecule has 5 heteroatoms. The minimum absolute atomic E-state index is 0.286. The number of benzene rings is 2. The Hall–Kier alpha value is -2.40. The number of amides is 1. The van der Waals surface area contributed by atoms with Gasteiger partial charge >= 0.3 is 5.91 Å². The maximum Gasteiger partial charge on any atom is 0.315 e. The number of hydrogen-bond acceptors (Lipinski definition) is 3. The summed E-state index contributed by atoms with van der Waals surface area (Å²) in [5.41, 5.74) is 1.72. The van der Waals surface area contributed by atoms with Gasteiger partial charge in [-0.05, 0) is 36.0 Å². The maximum atomic E-state index is 12.0. The smallest absolute Gasteiger partial charge is 0.267 e. The van der Waals surface area contributed by atoms with Crippen LogP contribution in [-0.2, 0) is 4.79 Å². The number of hydrogen-bond donors (Lipinski definition) is 0. The number of para-hydroxylation sites is 2. The van der Waals surface area contributed by atoms with Gasteiger partial charge in [0.05, 0.1) is 11.4 Å². The Bertz CT molecular complexity index is 768. The first-order valence-electron chi connectivity index (χ1n) is 6.17. The van der Waals surface area contributed by atoms with E-state index in [1.54, 1.807) is 0 Å². The molecule has 0 aliphatic carbocycles. The van der Waals surface area contributed by atoms with Crippen LogP contribution >= 0.6 is 11.8 Å². The lowest BCUT2D eigenvalue weighted by atomic mass is 10.3. The summed E-state index contributed by atoms with van der Waals surface area (Å²) in [4.78, 5) is 23.5. The summed E-state index contributed by atoms with van der Waals surface area (Å²) in [6, 6.07) is 17.4. The van der Waals surface area contributed by atoms with Crippen molar-refractivity contribution in [2.24, 2.45) is 9.98 Å². The van der Waals surface area contributed by atoms with Gasteiger partial charge < -0.3 is 0 Å². The molecule has 0 atom stereocenters. The minimum Gasteiger partial charge on any atom is -0.267 e. The van der Waals surface area contributed by atoms with Crippen LogP contribution in [0, 0.1) is 0 Å². The van der Waals surface area contributed by atoms with Gasteiger partial charge in [0.1, 0.15) is 0 Å².